The highest BCUT2D eigenvalue weighted by Crippen LogP contribution is 2.07. The minimum Gasteiger partial charge on any atom is -0.465 e. The van der Waals surface area contributed by atoms with E-state index in [0.29, 0.717) is 0 Å². The normalized spacial score (nSPS) is 12.4. The van der Waals surface area contributed by atoms with E-state index in [9.17, 15) is 9.59 Å². The summed E-state index contributed by atoms with van der Waals surface area (Å²) in [5.41, 5.74) is 5.50. The third-order valence-corrected chi connectivity index (χ3v) is 1.61. The molecule has 0 radical (unpaired) electrons. The van der Waals surface area contributed by atoms with Crippen LogP contribution < -0.4 is 5.73 Å². The summed E-state index contributed by atoms with van der Waals surface area (Å²) in [6.07, 6.45) is 0. The first-order chi connectivity index (χ1) is 6.54. The lowest BCUT2D eigenvalue weighted by Crippen LogP contribution is -2.40. The van der Waals surface area contributed by atoms with Gasteiger partial charge >= 0.3 is 11.9 Å². The van der Waals surface area contributed by atoms with E-state index >= 15 is 0 Å². The molecule has 0 aliphatic carbocycles. The molecule has 1 atom stereocenters. The molecule has 0 saturated carbocycles. The molecule has 0 spiro atoms. The summed E-state index contributed by atoms with van der Waals surface area (Å²) < 4.78 is 9.43. The van der Waals surface area contributed by atoms with Crippen molar-refractivity contribution in [2.24, 2.45) is 11.7 Å². The van der Waals surface area contributed by atoms with E-state index in [4.69, 9.17) is 15.2 Å². The van der Waals surface area contributed by atoms with Crippen LogP contribution in [-0.2, 0) is 19.1 Å². The van der Waals surface area contributed by atoms with Crippen LogP contribution >= 0.6 is 0 Å². The Bertz CT molecular complexity index is 185. The Hall–Kier alpha value is -1.10. The molecule has 0 aromatic rings. The van der Waals surface area contributed by atoms with Gasteiger partial charge in [-0.2, -0.15) is 0 Å². The van der Waals surface area contributed by atoms with E-state index < -0.39 is 23.9 Å². The largest absolute Gasteiger partial charge is 0.465 e. The third-order valence-electron chi connectivity index (χ3n) is 1.61. The van der Waals surface area contributed by atoms with Crippen molar-refractivity contribution >= 4 is 11.9 Å². The quantitative estimate of drug-likeness (QED) is 0.505. The Kier molecular flexibility index (Phi) is 5.87. The lowest BCUT2D eigenvalue weighted by atomic mass is 10.0. The summed E-state index contributed by atoms with van der Waals surface area (Å²) in [6, 6.07) is -0.604. The number of esters is 2. The predicted molar refractivity (Wildman–Crippen MR) is 50.4 cm³/mol. The SMILES string of the molecule is CCOC(=O)C(C(=O)OCC)C(C)N. The summed E-state index contributed by atoms with van der Waals surface area (Å²) in [6.45, 7) is 5.35. The van der Waals surface area contributed by atoms with Gasteiger partial charge in [0.2, 0.25) is 0 Å². The number of ether oxygens (including phenoxy) is 2. The molecule has 0 aromatic heterocycles. The minimum atomic E-state index is -1.02. The molecule has 0 rings (SSSR count). The standard InChI is InChI=1S/C9H17NO4/c1-4-13-8(11)7(6(3)10)9(12)14-5-2/h6-7H,4-5,10H2,1-3H3. The van der Waals surface area contributed by atoms with Gasteiger partial charge in [-0.1, -0.05) is 0 Å². The first-order valence-corrected chi connectivity index (χ1v) is 4.63. The molecule has 0 aromatic carbocycles. The van der Waals surface area contributed by atoms with Crippen molar-refractivity contribution in [3.05, 3.63) is 0 Å². The molecule has 0 aliphatic rings. The molecule has 5 nitrogen and oxygen atoms in total. The van der Waals surface area contributed by atoms with Crippen molar-refractivity contribution < 1.29 is 19.1 Å². The highest BCUT2D eigenvalue weighted by molar-refractivity contribution is 5.95. The van der Waals surface area contributed by atoms with Crippen molar-refractivity contribution in [2.75, 3.05) is 13.2 Å². The third kappa shape index (κ3) is 3.74. The Morgan fingerprint density at radius 1 is 1.14 bits per heavy atom. The van der Waals surface area contributed by atoms with Gasteiger partial charge in [0.05, 0.1) is 13.2 Å². The van der Waals surface area contributed by atoms with Crippen LogP contribution in [0.3, 0.4) is 0 Å². The van der Waals surface area contributed by atoms with Gasteiger partial charge in [0.1, 0.15) is 0 Å². The van der Waals surface area contributed by atoms with Gasteiger partial charge in [-0.3, -0.25) is 9.59 Å². The topological polar surface area (TPSA) is 78.6 Å². The van der Waals surface area contributed by atoms with E-state index in [-0.39, 0.29) is 13.2 Å². The van der Waals surface area contributed by atoms with E-state index in [2.05, 4.69) is 0 Å². The van der Waals surface area contributed by atoms with Crippen LogP contribution in [0.1, 0.15) is 20.8 Å². The van der Waals surface area contributed by atoms with Gasteiger partial charge in [-0.15, -0.1) is 0 Å². The zero-order chi connectivity index (χ0) is 11.1. The molecule has 0 heterocycles. The minimum absolute atomic E-state index is 0.224. The molecule has 0 aliphatic heterocycles. The van der Waals surface area contributed by atoms with Gasteiger partial charge in [0.15, 0.2) is 5.92 Å². The molecular weight excluding hydrogens is 186 g/mol. The van der Waals surface area contributed by atoms with E-state index in [1.165, 1.54) is 0 Å². The second kappa shape index (κ2) is 6.37. The molecule has 82 valence electrons. The number of carbonyl (C=O) groups excluding carboxylic acids is 2. The summed E-state index contributed by atoms with van der Waals surface area (Å²) in [7, 11) is 0. The average molecular weight is 203 g/mol. The number of nitrogens with two attached hydrogens (primary N) is 1. The van der Waals surface area contributed by atoms with Crippen LogP contribution in [0, 0.1) is 5.92 Å². The van der Waals surface area contributed by atoms with Crippen molar-refractivity contribution in [3.8, 4) is 0 Å². The molecule has 14 heavy (non-hydrogen) atoms. The second-order valence-electron chi connectivity index (χ2n) is 2.84. The van der Waals surface area contributed by atoms with E-state index in [1.807, 2.05) is 0 Å². The maximum absolute atomic E-state index is 11.3. The lowest BCUT2D eigenvalue weighted by molar-refractivity contribution is -0.162. The van der Waals surface area contributed by atoms with Crippen molar-refractivity contribution in [1.29, 1.82) is 0 Å². The average Bonchev–Trinajstić information content (AvgIpc) is 2.04. The first kappa shape index (κ1) is 12.9. The Morgan fingerprint density at radius 3 is 1.71 bits per heavy atom. The summed E-state index contributed by atoms with van der Waals surface area (Å²) in [5, 5.41) is 0. The fourth-order valence-corrected chi connectivity index (χ4v) is 0.990. The highest BCUT2D eigenvalue weighted by Gasteiger charge is 2.32. The van der Waals surface area contributed by atoms with Gasteiger partial charge < -0.3 is 15.2 Å². The number of rotatable bonds is 5. The summed E-state index contributed by atoms with van der Waals surface area (Å²) >= 11 is 0. The smallest absolute Gasteiger partial charge is 0.321 e. The second-order valence-corrected chi connectivity index (χ2v) is 2.84. The number of hydrogen-bond donors (Lipinski definition) is 1. The van der Waals surface area contributed by atoms with Gasteiger partial charge in [0, 0.05) is 6.04 Å². The maximum atomic E-state index is 11.3. The maximum Gasteiger partial charge on any atom is 0.321 e. The number of carbonyl (C=O) groups is 2. The van der Waals surface area contributed by atoms with Crippen LogP contribution in [-0.4, -0.2) is 31.2 Å². The van der Waals surface area contributed by atoms with Crippen LogP contribution in [0.15, 0.2) is 0 Å². The Morgan fingerprint density at radius 2 is 1.50 bits per heavy atom. The van der Waals surface area contributed by atoms with E-state index in [1.54, 1.807) is 20.8 Å². The van der Waals surface area contributed by atoms with Crippen molar-refractivity contribution in [3.63, 3.8) is 0 Å². The lowest BCUT2D eigenvalue weighted by Gasteiger charge is -2.16. The zero-order valence-corrected chi connectivity index (χ0v) is 8.78. The van der Waals surface area contributed by atoms with E-state index in [0.717, 1.165) is 0 Å². The van der Waals surface area contributed by atoms with Crippen molar-refractivity contribution in [2.45, 2.75) is 26.8 Å². The first-order valence-electron chi connectivity index (χ1n) is 4.63. The predicted octanol–water partition coefficient (Wildman–Crippen LogP) is 0.0760. The fourth-order valence-electron chi connectivity index (χ4n) is 0.990. The molecule has 0 saturated heterocycles. The molecule has 0 fully saturated rings. The Labute approximate surface area is 83.5 Å². The number of hydrogen-bond acceptors (Lipinski definition) is 5. The molecule has 0 amide bonds. The molecule has 1 unspecified atom stereocenters. The van der Waals surface area contributed by atoms with Gasteiger partial charge in [-0.25, -0.2) is 0 Å². The molecule has 5 heteroatoms. The van der Waals surface area contributed by atoms with Crippen LogP contribution in [0.2, 0.25) is 0 Å². The fraction of sp³-hybridized carbons (Fsp3) is 0.778. The monoisotopic (exact) mass is 203 g/mol. The highest BCUT2D eigenvalue weighted by atomic mass is 16.6. The van der Waals surface area contributed by atoms with Crippen LogP contribution in [0.5, 0.6) is 0 Å². The van der Waals surface area contributed by atoms with Gasteiger partial charge in [-0.05, 0) is 20.8 Å². The molecular formula is C9H17NO4. The van der Waals surface area contributed by atoms with Crippen molar-refractivity contribution in [1.82, 2.24) is 0 Å². The summed E-state index contributed by atoms with van der Waals surface area (Å²) in [5.74, 6) is -2.27. The van der Waals surface area contributed by atoms with Crippen LogP contribution in [0.4, 0.5) is 0 Å². The zero-order valence-electron chi connectivity index (χ0n) is 8.78. The summed E-state index contributed by atoms with van der Waals surface area (Å²) in [4.78, 5) is 22.6. The van der Waals surface area contributed by atoms with Crippen LogP contribution in [0.25, 0.3) is 0 Å². The molecule has 0 bridgehead atoms. The Balaban J connectivity index is 4.42. The van der Waals surface area contributed by atoms with Gasteiger partial charge in [0.25, 0.3) is 0 Å². The molecule has 2 N–H and O–H groups in total.